The minimum absolute atomic E-state index is 0.0408. The van der Waals surface area contributed by atoms with Gasteiger partial charge in [-0.25, -0.2) is 4.98 Å². The Kier molecular flexibility index (Phi) is 3.05. The molecule has 0 fully saturated rings. The zero-order valence-electron chi connectivity index (χ0n) is 12.1. The molecule has 1 atom stereocenters. The quantitative estimate of drug-likeness (QED) is 0.834. The molecule has 3 rings (SSSR count). The number of hydrogen-bond donors (Lipinski definition) is 0. The molecule has 102 valence electrons. The summed E-state index contributed by atoms with van der Waals surface area (Å²) in [7, 11) is 2.04. The Hall–Kier alpha value is -2.16. The maximum Gasteiger partial charge on any atom is 0.136 e. The number of ketones is 1. The van der Waals surface area contributed by atoms with E-state index >= 15 is 0 Å². The molecule has 0 saturated carbocycles. The van der Waals surface area contributed by atoms with Crippen molar-refractivity contribution < 1.29 is 4.79 Å². The average Bonchev–Trinajstić information content (AvgIpc) is 2.46. The molecule has 0 amide bonds. The van der Waals surface area contributed by atoms with Crippen LogP contribution in [0.25, 0.3) is 0 Å². The zero-order chi connectivity index (χ0) is 14.3. The van der Waals surface area contributed by atoms with E-state index < -0.39 is 0 Å². The Bertz CT molecular complexity index is 678. The summed E-state index contributed by atoms with van der Waals surface area (Å²) in [5.41, 5.74) is 4.77. The summed E-state index contributed by atoms with van der Waals surface area (Å²) in [6.07, 6.45) is 2.70. The van der Waals surface area contributed by atoms with E-state index in [9.17, 15) is 4.79 Å². The highest BCUT2D eigenvalue weighted by Crippen LogP contribution is 2.37. The Labute approximate surface area is 119 Å². The Balaban J connectivity index is 2.05. The van der Waals surface area contributed by atoms with Gasteiger partial charge in [0.15, 0.2) is 0 Å². The minimum atomic E-state index is -0.0408. The molecular formula is C17H18N2O. The molecule has 2 heterocycles. The lowest BCUT2D eigenvalue weighted by atomic mass is 9.91. The summed E-state index contributed by atoms with van der Waals surface area (Å²) in [6, 6.07) is 10.4. The Morgan fingerprint density at radius 3 is 2.85 bits per heavy atom. The van der Waals surface area contributed by atoms with Crippen LogP contribution in [0.1, 0.15) is 36.5 Å². The number of benzene rings is 1. The molecule has 1 aliphatic rings. The highest BCUT2D eigenvalue weighted by molar-refractivity contribution is 5.83. The van der Waals surface area contributed by atoms with Crippen LogP contribution in [0.2, 0.25) is 0 Å². The predicted octanol–water partition coefficient (Wildman–Crippen LogP) is 3.45. The third-order valence-corrected chi connectivity index (χ3v) is 4.14. The van der Waals surface area contributed by atoms with Crippen molar-refractivity contribution in [3.05, 3.63) is 53.2 Å². The van der Waals surface area contributed by atoms with Crippen LogP contribution in [-0.4, -0.2) is 17.8 Å². The van der Waals surface area contributed by atoms with Crippen LogP contribution in [0.5, 0.6) is 0 Å². The topological polar surface area (TPSA) is 33.2 Å². The second kappa shape index (κ2) is 4.75. The normalized spacial score (nSPS) is 14.4. The van der Waals surface area contributed by atoms with Crippen molar-refractivity contribution in [2.24, 2.45) is 0 Å². The molecule has 1 aromatic heterocycles. The van der Waals surface area contributed by atoms with Crippen LogP contribution in [0, 0.1) is 0 Å². The number of Topliss-reactive ketones (excluding diaryl/α,β-unsaturated/α-hetero) is 1. The van der Waals surface area contributed by atoms with E-state index in [-0.39, 0.29) is 11.7 Å². The summed E-state index contributed by atoms with van der Waals surface area (Å²) < 4.78 is 0. The molecule has 1 aromatic carbocycles. The van der Waals surface area contributed by atoms with E-state index in [1.807, 2.05) is 26.2 Å². The molecule has 2 aromatic rings. The van der Waals surface area contributed by atoms with Crippen molar-refractivity contribution in [1.29, 1.82) is 0 Å². The molecular weight excluding hydrogens is 248 g/mol. The maximum atomic E-state index is 11.6. The first-order valence-corrected chi connectivity index (χ1v) is 6.89. The lowest BCUT2D eigenvalue weighted by Crippen LogP contribution is -2.20. The van der Waals surface area contributed by atoms with Gasteiger partial charge in [0.1, 0.15) is 11.6 Å². The van der Waals surface area contributed by atoms with Crippen molar-refractivity contribution in [2.75, 3.05) is 11.9 Å². The molecule has 0 bridgehead atoms. The van der Waals surface area contributed by atoms with Crippen LogP contribution in [0.15, 0.2) is 36.5 Å². The number of anilines is 2. The monoisotopic (exact) mass is 266 g/mol. The number of rotatable bonds is 2. The van der Waals surface area contributed by atoms with E-state index in [1.165, 1.54) is 16.8 Å². The van der Waals surface area contributed by atoms with Crippen LogP contribution in [0.3, 0.4) is 0 Å². The molecule has 0 spiro atoms. The summed E-state index contributed by atoms with van der Waals surface area (Å²) in [5.74, 6) is 1.18. The van der Waals surface area contributed by atoms with Gasteiger partial charge in [-0.1, -0.05) is 25.1 Å². The fourth-order valence-corrected chi connectivity index (χ4v) is 2.77. The summed E-state index contributed by atoms with van der Waals surface area (Å²) in [4.78, 5) is 18.1. The van der Waals surface area contributed by atoms with Crippen molar-refractivity contribution in [3.63, 3.8) is 0 Å². The van der Waals surface area contributed by atoms with Crippen LogP contribution >= 0.6 is 0 Å². The van der Waals surface area contributed by atoms with E-state index in [1.54, 1.807) is 6.92 Å². The number of pyridine rings is 1. The lowest BCUT2D eigenvalue weighted by Gasteiger charge is -2.29. The second-order valence-electron chi connectivity index (χ2n) is 5.44. The molecule has 1 unspecified atom stereocenters. The molecule has 3 heteroatoms. The highest BCUT2D eigenvalue weighted by Gasteiger charge is 2.22. The predicted molar refractivity (Wildman–Crippen MR) is 80.6 cm³/mol. The standard InChI is InChI=1S/C17H18N2O/c1-11(12(2)20)13-6-7-16-15(9-13)10-14-5-4-8-18-17(14)19(16)3/h4-9,11H,10H2,1-3H3. The first-order valence-electron chi connectivity index (χ1n) is 6.89. The van der Waals surface area contributed by atoms with Gasteiger partial charge in [-0.15, -0.1) is 0 Å². The summed E-state index contributed by atoms with van der Waals surface area (Å²) in [5, 5.41) is 0. The molecule has 1 aliphatic heterocycles. The third kappa shape index (κ3) is 1.99. The summed E-state index contributed by atoms with van der Waals surface area (Å²) in [6.45, 7) is 3.61. The number of carbonyl (C=O) groups is 1. The van der Waals surface area contributed by atoms with Crippen LogP contribution in [-0.2, 0) is 11.2 Å². The van der Waals surface area contributed by atoms with Gasteiger partial charge in [0, 0.05) is 31.3 Å². The molecule has 20 heavy (non-hydrogen) atoms. The zero-order valence-corrected chi connectivity index (χ0v) is 12.1. The number of carbonyl (C=O) groups excluding carboxylic acids is 1. The fourth-order valence-electron chi connectivity index (χ4n) is 2.77. The van der Waals surface area contributed by atoms with Gasteiger partial charge < -0.3 is 4.90 Å². The van der Waals surface area contributed by atoms with Crippen molar-refractivity contribution >= 4 is 17.3 Å². The second-order valence-corrected chi connectivity index (χ2v) is 5.44. The minimum Gasteiger partial charge on any atom is -0.329 e. The number of fused-ring (bicyclic) bond motifs is 2. The number of nitrogens with zero attached hydrogens (tertiary/aromatic N) is 2. The van der Waals surface area contributed by atoms with Gasteiger partial charge in [-0.2, -0.15) is 0 Å². The SMILES string of the molecule is CC(=O)C(C)c1ccc2c(c1)Cc1cccnc1N2C. The van der Waals surface area contributed by atoms with Gasteiger partial charge in [-0.05, 0) is 35.7 Å². The fraction of sp³-hybridized carbons (Fsp3) is 0.294. The maximum absolute atomic E-state index is 11.6. The first-order chi connectivity index (χ1) is 9.58. The van der Waals surface area contributed by atoms with Gasteiger partial charge in [0.2, 0.25) is 0 Å². The number of aromatic nitrogens is 1. The number of hydrogen-bond acceptors (Lipinski definition) is 3. The Morgan fingerprint density at radius 2 is 2.10 bits per heavy atom. The van der Waals surface area contributed by atoms with Gasteiger partial charge in [0.05, 0.1) is 0 Å². The summed E-state index contributed by atoms with van der Waals surface area (Å²) >= 11 is 0. The van der Waals surface area contributed by atoms with Crippen molar-refractivity contribution in [3.8, 4) is 0 Å². The third-order valence-electron chi connectivity index (χ3n) is 4.14. The Morgan fingerprint density at radius 1 is 1.30 bits per heavy atom. The van der Waals surface area contributed by atoms with E-state index in [0.29, 0.717) is 0 Å². The molecule has 0 aliphatic carbocycles. The lowest BCUT2D eigenvalue weighted by molar-refractivity contribution is -0.118. The van der Waals surface area contributed by atoms with Gasteiger partial charge in [-0.3, -0.25) is 4.79 Å². The smallest absolute Gasteiger partial charge is 0.136 e. The van der Waals surface area contributed by atoms with Crippen LogP contribution < -0.4 is 4.90 Å². The largest absolute Gasteiger partial charge is 0.329 e. The van der Waals surface area contributed by atoms with Crippen molar-refractivity contribution in [2.45, 2.75) is 26.2 Å². The van der Waals surface area contributed by atoms with Crippen molar-refractivity contribution in [1.82, 2.24) is 4.98 Å². The van der Waals surface area contributed by atoms with E-state index in [2.05, 4.69) is 34.1 Å². The van der Waals surface area contributed by atoms with Gasteiger partial charge >= 0.3 is 0 Å². The first kappa shape index (κ1) is 12.9. The van der Waals surface area contributed by atoms with E-state index in [0.717, 1.165) is 17.8 Å². The molecule has 0 N–H and O–H groups in total. The van der Waals surface area contributed by atoms with E-state index in [4.69, 9.17) is 0 Å². The van der Waals surface area contributed by atoms with Crippen LogP contribution in [0.4, 0.5) is 11.5 Å². The molecule has 0 saturated heterocycles. The molecule has 0 radical (unpaired) electrons. The highest BCUT2D eigenvalue weighted by atomic mass is 16.1. The average molecular weight is 266 g/mol. The molecule has 3 nitrogen and oxygen atoms in total. The van der Waals surface area contributed by atoms with Gasteiger partial charge in [0.25, 0.3) is 0 Å².